The van der Waals surface area contributed by atoms with Gasteiger partial charge in [0.15, 0.2) is 0 Å². The zero-order valence-electron chi connectivity index (χ0n) is 7.98. The Morgan fingerprint density at radius 1 is 1.50 bits per heavy atom. The largest absolute Gasteiger partial charge is 0.299 e. The van der Waals surface area contributed by atoms with Gasteiger partial charge in [0.1, 0.15) is 5.78 Å². The Hall–Kier alpha value is -0.850. The fourth-order valence-electron chi connectivity index (χ4n) is 1.99. The SMILES string of the molecule is [CH]=CC1=C(C)CC(=O)CC1(C)C. The van der Waals surface area contributed by atoms with E-state index in [4.69, 9.17) is 6.58 Å². The van der Waals surface area contributed by atoms with Crippen molar-refractivity contribution < 1.29 is 4.79 Å². The Labute approximate surface area is 74.2 Å². The smallest absolute Gasteiger partial charge is 0.137 e. The highest BCUT2D eigenvalue weighted by Gasteiger charge is 2.30. The monoisotopic (exact) mass is 163 g/mol. The summed E-state index contributed by atoms with van der Waals surface area (Å²) in [5.41, 5.74) is 2.20. The van der Waals surface area contributed by atoms with Crippen LogP contribution < -0.4 is 0 Å². The van der Waals surface area contributed by atoms with Crippen LogP contribution in [0.4, 0.5) is 0 Å². The van der Waals surface area contributed by atoms with Gasteiger partial charge in [-0.05, 0) is 17.9 Å². The minimum atomic E-state index is -0.0613. The van der Waals surface area contributed by atoms with Crippen LogP contribution in [0.25, 0.3) is 0 Å². The molecule has 0 saturated carbocycles. The predicted octanol–water partition coefficient (Wildman–Crippen LogP) is 2.68. The van der Waals surface area contributed by atoms with Crippen molar-refractivity contribution in [2.75, 3.05) is 0 Å². The van der Waals surface area contributed by atoms with Crippen molar-refractivity contribution in [1.29, 1.82) is 0 Å². The number of allylic oxidation sites excluding steroid dienone is 3. The van der Waals surface area contributed by atoms with E-state index >= 15 is 0 Å². The van der Waals surface area contributed by atoms with E-state index in [1.807, 2.05) is 6.92 Å². The molecule has 0 aromatic carbocycles. The van der Waals surface area contributed by atoms with Gasteiger partial charge >= 0.3 is 0 Å². The van der Waals surface area contributed by atoms with Gasteiger partial charge in [-0.1, -0.05) is 32.1 Å². The lowest BCUT2D eigenvalue weighted by molar-refractivity contribution is -0.120. The molecule has 1 radical (unpaired) electrons. The minimum Gasteiger partial charge on any atom is -0.299 e. The molecule has 0 N–H and O–H groups in total. The molecule has 0 aromatic rings. The van der Waals surface area contributed by atoms with Crippen molar-refractivity contribution in [3.8, 4) is 0 Å². The molecule has 0 amide bonds. The van der Waals surface area contributed by atoms with E-state index in [1.165, 1.54) is 0 Å². The molecule has 65 valence electrons. The Bertz CT molecular complexity index is 256. The number of carbonyl (C=O) groups is 1. The van der Waals surface area contributed by atoms with Crippen LogP contribution in [0.15, 0.2) is 17.2 Å². The summed E-state index contributed by atoms with van der Waals surface area (Å²) >= 11 is 0. The van der Waals surface area contributed by atoms with Crippen LogP contribution in [0, 0.1) is 12.0 Å². The first-order valence-electron chi connectivity index (χ1n) is 4.24. The van der Waals surface area contributed by atoms with Crippen molar-refractivity contribution in [3.05, 3.63) is 23.8 Å². The fraction of sp³-hybridized carbons (Fsp3) is 0.545. The van der Waals surface area contributed by atoms with E-state index in [1.54, 1.807) is 6.08 Å². The average molecular weight is 163 g/mol. The maximum absolute atomic E-state index is 11.3. The van der Waals surface area contributed by atoms with Crippen LogP contribution in [0.1, 0.15) is 33.6 Å². The molecular weight excluding hydrogens is 148 g/mol. The van der Waals surface area contributed by atoms with Crippen LogP contribution in [0.3, 0.4) is 0 Å². The number of hydrogen-bond donors (Lipinski definition) is 0. The Balaban J connectivity index is 3.12. The maximum Gasteiger partial charge on any atom is 0.137 e. The molecule has 12 heavy (non-hydrogen) atoms. The Morgan fingerprint density at radius 2 is 2.08 bits per heavy atom. The van der Waals surface area contributed by atoms with Crippen molar-refractivity contribution in [2.24, 2.45) is 5.41 Å². The lowest BCUT2D eigenvalue weighted by Gasteiger charge is -2.31. The highest BCUT2D eigenvalue weighted by molar-refractivity contribution is 5.84. The summed E-state index contributed by atoms with van der Waals surface area (Å²) in [5, 5.41) is 0. The molecule has 1 heteroatoms. The predicted molar refractivity (Wildman–Crippen MR) is 49.6 cm³/mol. The van der Waals surface area contributed by atoms with Crippen LogP contribution >= 0.6 is 0 Å². The summed E-state index contributed by atoms with van der Waals surface area (Å²) in [5.74, 6) is 0.322. The number of ketones is 1. The molecule has 1 rings (SSSR count). The molecule has 0 bridgehead atoms. The second-order valence-corrected chi connectivity index (χ2v) is 4.14. The van der Waals surface area contributed by atoms with Gasteiger partial charge in [-0.2, -0.15) is 0 Å². The zero-order valence-corrected chi connectivity index (χ0v) is 7.98. The molecule has 0 saturated heterocycles. The van der Waals surface area contributed by atoms with Crippen molar-refractivity contribution >= 4 is 5.78 Å². The fourth-order valence-corrected chi connectivity index (χ4v) is 1.99. The minimum absolute atomic E-state index is 0.0613. The molecule has 1 aliphatic carbocycles. The highest BCUT2D eigenvalue weighted by Crippen LogP contribution is 2.38. The standard InChI is InChI=1S/C11H15O/c1-5-10-8(2)6-9(12)7-11(10,3)4/h1,5H,6-7H2,2-4H3. The highest BCUT2D eigenvalue weighted by atomic mass is 16.1. The number of Topliss-reactive ketones (excluding diaryl/α,β-unsaturated/α-hetero) is 1. The first-order valence-corrected chi connectivity index (χ1v) is 4.24. The molecule has 0 aromatic heterocycles. The summed E-state index contributed by atoms with van der Waals surface area (Å²) in [6.45, 7) is 11.6. The summed E-state index contributed by atoms with van der Waals surface area (Å²) < 4.78 is 0. The summed E-state index contributed by atoms with van der Waals surface area (Å²) in [6, 6.07) is 0. The normalized spacial score (nSPS) is 22.8. The third-order valence-corrected chi connectivity index (χ3v) is 2.46. The number of carbonyl (C=O) groups excluding carboxylic acids is 1. The van der Waals surface area contributed by atoms with Crippen LogP contribution in [-0.4, -0.2) is 5.78 Å². The van der Waals surface area contributed by atoms with Crippen molar-refractivity contribution in [2.45, 2.75) is 33.6 Å². The van der Waals surface area contributed by atoms with Crippen LogP contribution in [-0.2, 0) is 4.79 Å². The van der Waals surface area contributed by atoms with Crippen LogP contribution in [0.2, 0.25) is 0 Å². The Morgan fingerprint density at radius 3 is 2.50 bits per heavy atom. The third-order valence-electron chi connectivity index (χ3n) is 2.46. The average Bonchev–Trinajstić information content (AvgIpc) is 1.82. The lowest BCUT2D eigenvalue weighted by Crippen LogP contribution is -2.25. The first kappa shape index (κ1) is 9.24. The zero-order chi connectivity index (χ0) is 9.35. The van der Waals surface area contributed by atoms with Gasteiger partial charge in [0.05, 0.1) is 0 Å². The Kier molecular flexibility index (Phi) is 2.22. The summed E-state index contributed by atoms with van der Waals surface area (Å²) in [4.78, 5) is 11.3. The van der Waals surface area contributed by atoms with Gasteiger partial charge in [0.25, 0.3) is 0 Å². The summed E-state index contributed by atoms with van der Waals surface area (Å²) in [7, 11) is 0. The second-order valence-electron chi connectivity index (χ2n) is 4.14. The van der Waals surface area contributed by atoms with Gasteiger partial charge in [-0.15, -0.1) is 0 Å². The van der Waals surface area contributed by atoms with Gasteiger partial charge in [-0.25, -0.2) is 0 Å². The number of hydrogen-bond acceptors (Lipinski definition) is 1. The molecule has 1 aliphatic rings. The van der Waals surface area contributed by atoms with Crippen LogP contribution in [0.5, 0.6) is 0 Å². The van der Waals surface area contributed by atoms with E-state index < -0.39 is 0 Å². The molecule has 0 unspecified atom stereocenters. The van der Waals surface area contributed by atoms with E-state index in [9.17, 15) is 4.79 Å². The lowest BCUT2D eigenvalue weighted by atomic mass is 9.72. The topological polar surface area (TPSA) is 17.1 Å². The molecule has 0 fully saturated rings. The quantitative estimate of drug-likeness (QED) is 0.581. The van der Waals surface area contributed by atoms with Crippen molar-refractivity contribution in [1.82, 2.24) is 0 Å². The first-order chi connectivity index (χ1) is 5.47. The number of rotatable bonds is 1. The van der Waals surface area contributed by atoms with Crippen molar-refractivity contribution in [3.63, 3.8) is 0 Å². The van der Waals surface area contributed by atoms with Gasteiger partial charge in [0, 0.05) is 12.8 Å². The molecule has 1 nitrogen and oxygen atoms in total. The molecule has 0 aliphatic heterocycles. The molecular formula is C11H15O. The van der Waals surface area contributed by atoms with Gasteiger partial charge < -0.3 is 0 Å². The van der Waals surface area contributed by atoms with E-state index in [0.717, 1.165) is 11.1 Å². The second kappa shape index (κ2) is 2.89. The van der Waals surface area contributed by atoms with E-state index in [0.29, 0.717) is 18.6 Å². The molecule has 0 spiro atoms. The third kappa shape index (κ3) is 1.50. The van der Waals surface area contributed by atoms with Gasteiger partial charge in [0.2, 0.25) is 0 Å². The molecule has 0 heterocycles. The molecule has 0 atom stereocenters. The van der Waals surface area contributed by atoms with E-state index in [-0.39, 0.29) is 5.41 Å². The van der Waals surface area contributed by atoms with Gasteiger partial charge in [-0.3, -0.25) is 4.79 Å². The maximum atomic E-state index is 11.3. The van der Waals surface area contributed by atoms with E-state index in [2.05, 4.69) is 13.8 Å². The summed E-state index contributed by atoms with van der Waals surface area (Å²) in [6.07, 6.45) is 2.83.